The summed E-state index contributed by atoms with van der Waals surface area (Å²) in [4.78, 5) is 2.53. The Morgan fingerprint density at radius 2 is 1.58 bits per heavy atom. The molecule has 0 heterocycles. The fraction of sp³-hybridized carbons (Fsp3) is 1.00. The number of rotatable bonds is 5. The van der Waals surface area contributed by atoms with Crippen LogP contribution in [0.2, 0.25) is 0 Å². The Kier molecular flexibility index (Phi) is 13.2. The first kappa shape index (κ1) is 14.5. The maximum absolute atomic E-state index is 2.53. The van der Waals surface area contributed by atoms with Crippen LogP contribution in [0.5, 0.6) is 0 Å². The standard InChI is InChI=1S/C9H21N.C2H6/c1-5-8-10(7-3)9(4)6-2;1-2/h9H,5-8H2,1-4H3;1-2H3/t9-;/m0./s1. The SMILES string of the molecule is CC.CCCN(CC)[C@@H](C)CC. The molecule has 0 aromatic carbocycles. The van der Waals surface area contributed by atoms with Crippen LogP contribution in [0.1, 0.15) is 54.4 Å². The molecule has 0 spiro atoms. The predicted octanol–water partition coefficient (Wildman–Crippen LogP) is 3.54. The van der Waals surface area contributed by atoms with Gasteiger partial charge in [-0.2, -0.15) is 0 Å². The van der Waals surface area contributed by atoms with Gasteiger partial charge in [0.25, 0.3) is 0 Å². The zero-order valence-electron chi connectivity index (χ0n) is 9.85. The summed E-state index contributed by atoms with van der Waals surface area (Å²) in [5, 5.41) is 0. The molecule has 76 valence electrons. The van der Waals surface area contributed by atoms with Crippen LogP contribution in [0.25, 0.3) is 0 Å². The van der Waals surface area contributed by atoms with Crippen molar-refractivity contribution >= 4 is 0 Å². The van der Waals surface area contributed by atoms with E-state index in [0.717, 1.165) is 6.04 Å². The van der Waals surface area contributed by atoms with Gasteiger partial charge in [-0.15, -0.1) is 0 Å². The van der Waals surface area contributed by atoms with E-state index >= 15 is 0 Å². The molecule has 0 N–H and O–H groups in total. The average Bonchev–Trinajstić information content (AvgIpc) is 2.16. The largest absolute Gasteiger partial charge is 0.301 e. The quantitative estimate of drug-likeness (QED) is 0.614. The summed E-state index contributed by atoms with van der Waals surface area (Å²) in [5.41, 5.74) is 0. The highest BCUT2D eigenvalue weighted by atomic mass is 15.1. The van der Waals surface area contributed by atoms with Gasteiger partial charge in [-0.05, 0) is 32.9 Å². The second kappa shape index (κ2) is 11.0. The number of nitrogens with zero attached hydrogens (tertiary/aromatic N) is 1. The van der Waals surface area contributed by atoms with Gasteiger partial charge >= 0.3 is 0 Å². The van der Waals surface area contributed by atoms with E-state index in [9.17, 15) is 0 Å². The van der Waals surface area contributed by atoms with Gasteiger partial charge in [-0.1, -0.05) is 34.6 Å². The molecule has 1 atom stereocenters. The molecule has 0 saturated heterocycles. The van der Waals surface area contributed by atoms with Crippen molar-refractivity contribution in [3.8, 4) is 0 Å². The molecule has 1 heteroatoms. The molecule has 0 aliphatic heterocycles. The fourth-order valence-electron chi connectivity index (χ4n) is 1.24. The Hall–Kier alpha value is -0.0400. The summed E-state index contributed by atoms with van der Waals surface area (Å²) < 4.78 is 0. The minimum atomic E-state index is 0.768. The zero-order chi connectivity index (χ0) is 9.98. The monoisotopic (exact) mass is 173 g/mol. The molecule has 0 fully saturated rings. The summed E-state index contributed by atoms with van der Waals surface area (Å²) >= 11 is 0. The molecular weight excluding hydrogens is 146 g/mol. The van der Waals surface area contributed by atoms with Crippen LogP contribution in [0.3, 0.4) is 0 Å². The van der Waals surface area contributed by atoms with E-state index in [1.807, 2.05) is 13.8 Å². The lowest BCUT2D eigenvalue weighted by Gasteiger charge is -2.26. The second-order valence-electron chi connectivity index (χ2n) is 2.89. The van der Waals surface area contributed by atoms with Gasteiger partial charge in [0, 0.05) is 6.04 Å². The predicted molar refractivity (Wildman–Crippen MR) is 58.6 cm³/mol. The molecule has 0 bridgehead atoms. The molecule has 0 aromatic rings. The molecule has 0 amide bonds. The molecule has 0 aliphatic carbocycles. The van der Waals surface area contributed by atoms with E-state index in [-0.39, 0.29) is 0 Å². The maximum Gasteiger partial charge on any atom is 0.00641 e. The van der Waals surface area contributed by atoms with Gasteiger partial charge in [-0.3, -0.25) is 0 Å². The Morgan fingerprint density at radius 3 is 1.83 bits per heavy atom. The normalized spacial score (nSPS) is 12.2. The van der Waals surface area contributed by atoms with Gasteiger partial charge in [0.1, 0.15) is 0 Å². The summed E-state index contributed by atoms with van der Waals surface area (Å²) in [5.74, 6) is 0. The van der Waals surface area contributed by atoms with Crippen LogP contribution >= 0.6 is 0 Å². The molecule has 0 aromatic heterocycles. The minimum absolute atomic E-state index is 0.768. The highest BCUT2D eigenvalue weighted by Gasteiger charge is 2.06. The van der Waals surface area contributed by atoms with Gasteiger partial charge < -0.3 is 4.90 Å². The van der Waals surface area contributed by atoms with Crippen LogP contribution < -0.4 is 0 Å². The number of hydrogen-bond donors (Lipinski definition) is 0. The van der Waals surface area contributed by atoms with E-state index in [2.05, 4.69) is 32.6 Å². The van der Waals surface area contributed by atoms with Crippen molar-refractivity contribution in [2.24, 2.45) is 0 Å². The molecule has 0 rings (SSSR count). The smallest absolute Gasteiger partial charge is 0.00641 e. The van der Waals surface area contributed by atoms with Gasteiger partial charge in [0.2, 0.25) is 0 Å². The molecular formula is C11H27N. The summed E-state index contributed by atoms with van der Waals surface area (Å²) in [6, 6.07) is 0.768. The molecule has 0 radical (unpaired) electrons. The Morgan fingerprint density at radius 1 is 1.08 bits per heavy atom. The third kappa shape index (κ3) is 6.66. The number of hydrogen-bond acceptors (Lipinski definition) is 1. The first-order valence-corrected chi connectivity index (χ1v) is 5.50. The summed E-state index contributed by atoms with van der Waals surface area (Å²) in [6.07, 6.45) is 2.55. The molecule has 0 saturated carbocycles. The Balaban J connectivity index is 0. The Labute approximate surface area is 79.2 Å². The van der Waals surface area contributed by atoms with Crippen molar-refractivity contribution in [2.45, 2.75) is 60.4 Å². The first-order chi connectivity index (χ1) is 5.76. The highest BCUT2D eigenvalue weighted by molar-refractivity contribution is 4.62. The molecule has 12 heavy (non-hydrogen) atoms. The van der Waals surface area contributed by atoms with Crippen LogP contribution in [0.15, 0.2) is 0 Å². The van der Waals surface area contributed by atoms with Gasteiger partial charge in [-0.25, -0.2) is 0 Å². The van der Waals surface area contributed by atoms with Crippen LogP contribution in [-0.4, -0.2) is 24.0 Å². The van der Waals surface area contributed by atoms with Crippen molar-refractivity contribution in [2.75, 3.05) is 13.1 Å². The van der Waals surface area contributed by atoms with Crippen molar-refractivity contribution in [1.29, 1.82) is 0 Å². The van der Waals surface area contributed by atoms with E-state index in [0.29, 0.717) is 0 Å². The maximum atomic E-state index is 2.53. The van der Waals surface area contributed by atoms with Crippen molar-refractivity contribution < 1.29 is 0 Å². The van der Waals surface area contributed by atoms with Crippen molar-refractivity contribution in [3.63, 3.8) is 0 Å². The van der Waals surface area contributed by atoms with E-state index in [1.54, 1.807) is 0 Å². The van der Waals surface area contributed by atoms with Crippen molar-refractivity contribution in [3.05, 3.63) is 0 Å². The summed E-state index contributed by atoms with van der Waals surface area (Å²) in [6.45, 7) is 15.5. The topological polar surface area (TPSA) is 3.24 Å². The molecule has 0 aliphatic rings. The minimum Gasteiger partial charge on any atom is -0.301 e. The summed E-state index contributed by atoms with van der Waals surface area (Å²) in [7, 11) is 0. The lowest BCUT2D eigenvalue weighted by Crippen LogP contribution is -2.32. The second-order valence-corrected chi connectivity index (χ2v) is 2.89. The van der Waals surface area contributed by atoms with Crippen LogP contribution in [-0.2, 0) is 0 Å². The third-order valence-electron chi connectivity index (χ3n) is 2.13. The van der Waals surface area contributed by atoms with Crippen LogP contribution in [0, 0.1) is 0 Å². The first-order valence-electron chi connectivity index (χ1n) is 5.50. The van der Waals surface area contributed by atoms with E-state index in [1.165, 1.54) is 25.9 Å². The lowest BCUT2D eigenvalue weighted by molar-refractivity contribution is 0.215. The average molecular weight is 173 g/mol. The van der Waals surface area contributed by atoms with Crippen molar-refractivity contribution in [1.82, 2.24) is 4.90 Å². The van der Waals surface area contributed by atoms with E-state index in [4.69, 9.17) is 0 Å². The van der Waals surface area contributed by atoms with Gasteiger partial charge in [0.15, 0.2) is 0 Å². The van der Waals surface area contributed by atoms with Gasteiger partial charge in [0.05, 0.1) is 0 Å². The van der Waals surface area contributed by atoms with Crippen LogP contribution in [0.4, 0.5) is 0 Å². The van der Waals surface area contributed by atoms with E-state index < -0.39 is 0 Å². The molecule has 0 unspecified atom stereocenters. The zero-order valence-corrected chi connectivity index (χ0v) is 9.85. The third-order valence-corrected chi connectivity index (χ3v) is 2.13. The fourth-order valence-corrected chi connectivity index (χ4v) is 1.24. The molecule has 1 nitrogen and oxygen atoms in total. The highest BCUT2D eigenvalue weighted by Crippen LogP contribution is 2.02. The lowest BCUT2D eigenvalue weighted by atomic mass is 10.2. The Bertz CT molecular complexity index is 71.4.